The van der Waals surface area contributed by atoms with Crippen molar-refractivity contribution in [1.29, 1.82) is 0 Å². The SMILES string of the molecule is O=C(Nc1ccc2c(c1)ncn2CCc1ccccn1)c1ccccc1-c1ccc(C(F)(F)F)cc1. The molecule has 2 heterocycles. The molecule has 0 saturated heterocycles. The van der Waals surface area contributed by atoms with E-state index < -0.39 is 11.7 Å². The molecule has 0 saturated carbocycles. The second-order valence-corrected chi connectivity index (χ2v) is 8.29. The number of alkyl halides is 3. The van der Waals surface area contributed by atoms with E-state index in [1.165, 1.54) is 12.1 Å². The number of hydrogen-bond donors (Lipinski definition) is 1. The van der Waals surface area contributed by atoms with Crippen LogP contribution in [0.5, 0.6) is 0 Å². The lowest BCUT2D eigenvalue weighted by molar-refractivity contribution is -0.137. The van der Waals surface area contributed by atoms with Crippen LogP contribution in [0.2, 0.25) is 0 Å². The molecule has 0 aliphatic heterocycles. The maximum Gasteiger partial charge on any atom is 0.416 e. The fraction of sp³-hybridized carbons (Fsp3) is 0.107. The van der Waals surface area contributed by atoms with Crippen LogP contribution < -0.4 is 5.32 Å². The number of amides is 1. The highest BCUT2D eigenvalue weighted by atomic mass is 19.4. The van der Waals surface area contributed by atoms with E-state index in [1.807, 2.05) is 28.8 Å². The molecule has 0 fully saturated rings. The quantitative estimate of drug-likeness (QED) is 0.294. The summed E-state index contributed by atoms with van der Waals surface area (Å²) in [5, 5.41) is 2.89. The number of anilines is 1. The minimum Gasteiger partial charge on any atom is -0.330 e. The molecule has 5 nitrogen and oxygen atoms in total. The lowest BCUT2D eigenvalue weighted by atomic mass is 9.98. The third kappa shape index (κ3) is 4.98. The number of benzene rings is 3. The first-order valence-electron chi connectivity index (χ1n) is 11.3. The fourth-order valence-electron chi connectivity index (χ4n) is 4.07. The number of aryl methyl sites for hydroxylation is 2. The highest BCUT2D eigenvalue weighted by molar-refractivity contribution is 6.09. The molecule has 5 aromatic rings. The highest BCUT2D eigenvalue weighted by Gasteiger charge is 2.30. The van der Waals surface area contributed by atoms with Gasteiger partial charge in [-0.05, 0) is 59.7 Å². The summed E-state index contributed by atoms with van der Waals surface area (Å²) < 4.78 is 40.8. The van der Waals surface area contributed by atoms with Gasteiger partial charge < -0.3 is 9.88 Å². The van der Waals surface area contributed by atoms with Gasteiger partial charge in [0.1, 0.15) is 0 Å². The van der Waals surface area contributed by atoms with Gasteiger partial charge in [-0.2, -0.15) is 13.2 Å². The summed E-state index contributed by atoms with van der Waals surface area (Å²) in [7, 11) is 0. The Morgan fingerprint density at radius 1 is 0.889 bits per heavy atom. The second kappa shape index (κ2) is 9.65. The number of aromatic nitrogens is 3. The minimum atomic E-state index is -4.42. The van der Waals surface area contributed by atoms with E-state index in [9.17, 15) is 18.0 Å². The average Bonchev–Trinajstić information content (AvgIpc) is 3.30. The summed E-state index contributed by atoms with van der Waals surface area (Å²) in [5.41, 5.74) is 3.94. The molecule has 0 atom stereocenters. The van der Waals surface area contributed by atoms with E-state index >= 15 is 0 Å². The van der Waals surface area contributed by atoms with Crippen molar-refractivity contribution in [1.82, 2.24) is 14.5 Å². The molecule has 5 rings (SSSR count). The first-order valence-corrected chi connectivity index (χ1v) is 11.3. The van der Waals surface area contributed by atoms with Crippen LogP contribution >= 0.6 is 0 Å². The third-order valence-corrected chi connectivity index (χ3v) is 5.91. The zero-order chi connectivity index (χ0) is 25.1. The minimum absolute atomic E-state index is 0.359. The van der Waals surface area contributed by atoms with Crippen LogP contribution in [0.1, 0.15) is 21.6 Å². The van der Waals surface area contributed by atoms with Crippen LogP contribution in [-0.2, 0) is 19.1 Å². The molecule has 1 N–H and O–H groups in total. The van der Waals surface area contributed by atoms with Crippen LogP contribution in [0.15, 0.2) is 97.5 Å². The number of halogens is 3. The molecule has 180 valence electrons. The van der Waals surface area contributed by atoms with Crippen molar-refractivity contribution in [3.63, 3.8) is 0 Å². The van der Waals surface area contributed by atoms with Gasteiger partial charge in [0.25, 0.3) is 5.91 Å². The fourth-order valence-corrected chi connectivity index (χ4v) is 4.07. The first kappa shape index (κ1) is 23.3. The van der Waals surface area contributed by atoms with E-state index in [0.717, 1.165) is 41.8 Å². The highest BCUT2D eigenvalue weighted by Crippen LogP contribution is 2.32. The number of carbonyl (C=O) groups excluding carboxylic acids is 1. The van der Waals surface area contributed by atoms with Crippen molar-refractivity contribution < 1.29 is 18.0 Å². The summed E-state index contributed by atoms with van der Waals surface area (Å²) in [5.74, 6) is -0.362. The molecule has 0 aliphatic carbocycles. The van der Waals surface area contributed by atoms with Gasteiger partial charge in [-0.15, -0.1) is 0 Å². The van der Waals surface area contributed by atoms with Crippen LogP contribution in [-0.4, -0.2) is 20.4 Å². The van der Waals surface area contributed by atoms with Crippen molar-refractivity contribution in [2.24, 2.45) is 0 Å². The lowest BCUT2D eigenvalue weighted by Gasteiger charge is -2.12. The normalized spacial score (nSPS) is 11.5. The van der Waals surface area contributed by atoms with Gasteiger partial charge in [0.2, 0.25) is 0 Å². The van der Waals surface area contributed by atoms with E-state index in [-0.39, 0.29) is 5.91 Å². The second-order valence-electron chi connectivity index (χ2n) is 8.29. The molecule has 8 heteroatoms. The molecular weight excluding hydrogens is 465 g/mol. The topological polar surface area (TPSA) is 59.8 Å². The van der Waals surface area contributed by atoms with Crippen molar-refractivity contribution >= 4 is 22.6 Å². The van der Waals surface area contributed by atoms with Crippen LogP contribution in [0.4, 0.5) is 18.9 Å². The number of rotatable bonds is 6. The van der Waals surface area contributed by atoms with Gasteiger partial charge in [0, 0.05) is 36.1 Å². The summed E-state index contributed by atoms with van der Waals surface area (Å²) in [4.78, 5) is 21.9. The average molecular weight is 486 g/mol. The molecule has 0 aliphatic rings. The van der Waals surface area contributed by atoms with Crippen molar-refractivity contribution in [3.8, 4) is 11.1 Å². The maximum atomic E-state index is 13.1. The van der Waals surface area contributed by atoms with E-state index in [0.29, 0.717) is 22.4 Å². The van der Waals surface area contributed by atoms with Crippen LogP contribution in [0.3, 0.4) is 0 Å². The lowest BCUT2D eigenvalue weighted by Crippen LogP contribution is -2.13. The van der Waals surface area contributed by atoms with Gasteiger partial charge >= 0.3 is 6.18 Å². The Morgan fingerprint density at radius 2 is 1.67 bits per heavy atom. The van der Waals surface area contributed by atoms with E-state index in [4.69, 9.17) is 0 Å². The Balaban J connectivity index is 1.34. The predicted octanol–water partition coefficient (Wildman–Crippen LogP) is 6.61. The Hall–Kier alpha value is -4.46. The van der Waals surface area contributed by atoms with Gasteiger partial charge in [0.05, 0.1) is 22.9 Å². The molecule has 0 radical (unpaired) electrons. The van der Waals surface area contributed by atoms with E-state index in [2.05, 4.69) is 15.3 Å². The molecule has 36 heavy (non-hydrogen) atoms. The zero-order valence-corrected chi connectivity index (χ0v) is 19.0. The molecule has 0 bridgehead atoms. The smallest absolute Gasteiger partial charge is 0.330 e. The number of imidazole rings is 1. The summed E-state index contributed by atoms with van der Waals surface area (Å²) in [6, 6.07) is 22.9. The number of hydrogen-bond acceptors (Lipinski definition) is 3. The molecule has 0 spiro atoms. The monoisotopic (exact) mass is 486 g/mol. The van der Waals surface area contributed by atoms with Gasteiger partial charge in [-0.1, -0.05) is 36.4 Å². The molecular formula is C28H21F3N4O. The Labute approximate surface area is 205 Å². The van der Waals surface area contributed by atoms with Crippen LogP contribution in [0, 0.1) is 0 Å². The standard InChI is InChI=1S/C28H21F3N4O/c29-28(30,31)20-10-8-19(9-11-20)23-6-1-2-7-24(23)27(36)34-22-12-13-26-25(17-22)33-18-35(26)16-14-21-5-3-4-15-32-21/h1-13,15,17-18H,14,16H2,(H,34,36). The van der Waals surface area contributed by atoms with E-state index in [1.54, 1.807) is 48.9 Å². The largest absolute Gasteiger partial charge is 0.416 e. The van der Waals surface area contributed by atoms with Crippen molar-refractivity contribution in [3.05, 3.63) is 114 Å². The molecule has 3 aromatic carbocycles. The Morgan fingerprint density at radius 3 is 2.42 bits per heavy atom. The third-order valence-electron chi connectivity index (χ3n) is 5.91. The predicted molar refractivity (Wildman–Crippen MR) is 133 cm³/mol. The van der Waals surface area contributed by atoms with Gasteiger partial charge in [-0.25, -0.2) is 4.98 Å². The number of nitrogens with one attached hydrogen (secondary N) is 1. The summed E-state index contributed by atoms with van der Waals surface area (Å²) in [6.45, 7) is 0.722. The Kier molecular flexibility index (Phi) is 6.25. The Bertz CT molecular complexity index is 1510. The molecule has 2 aromatic heterocycles. The van der Waals surface area contributed by atoms with Gasteiger partial charge in [0.15, 0.2) is 0 Å². The van der Waals surface area contributed by atoms with Crippen LogP contribution in [0.25, 0.3) is 22.2 Å². The number of carbonyl (C=O) groups is 1. The summed E-state index contributed by atoms with van der Waals surface area (Å²) in [6.07, 6.45) is -0.115. The molecule has 0 unspecified atom stereocenters. The van der Waals surface area contributed by atoms with Gasteiger partial charge in [-0.3, -0.25) is 9.78 Å². The molecule has 1 amide bonds. The number of pyridine rings is 1. The first-order chi connectivity index (χ1) is 17.4. The number of nitrogens with zero attached hydrogens (tertiary/aromatic N) is 3. The number of fused-ring (bicyclic) bond motifs is 1. The summed E-state index contributed by atoms with van der Waals surface area (Å²) >= 11 is 0. The van der Waals surface area contributed by atoms with Crippen molar-refractivity contribution in [2.75, 3.05) is 5.32 Å². The zero-order valence-electron chi connectivity index (χ0n) is 19.0. The maximum absolute atomic E-state index is 13.1. The van der Waals surface area contributed by atoms with Crippen molar-refractivity contribution in [2.45, 2.75) is 19.1 Å².